The zero-order valence-corrected chi connectivity index (χ0v) is 14.5. The molecule has 124 valence electrons. The fraction of sp³-hybridized carbons (Fsp3) is 0.538. The number of nitrogen functional groups attached to an aromatic ring is 1. The van der Waals surface area contributed by atoms with Gasteiger partial charge < -0.3 is 11.1 Å². The third-order valence-electron chi connectivity index (χ3n) is 2.65. The molecular formula is C13H23N5O2S2. The van der Waals surface area contributed by atoms with Crippen molar-refractivity contribution in [1.82, 2.24) is 15.0 Å². The van der Waals surface area contributed by atoms with E-state index in [1.165, 1.54) is 0 Å². The number of nitrogens with one attached hydrogen (secondary N) is 2. The van der Waals surface area contributed by atoms with Gasteiger partial charge in [0.25, 0.3) is 0 Å². The third kappa shape index (κ3) is 6.99. The Hall–Kier alpha value is -1.48. The van der Waals surface area contributed by atoms with Crippen LogP contribution in [0.15, 0.2) is 23.3 Å². The van der Waals surface area contributed by atoms with E-state index >= 15 is 0 Å². The van der Waals surface area contributed by atoms with Gasteiger partial charge in [-0.3, -0.25) is 14.7 Å². The topological polar surface area (TPSA) is 109 Å². The Morgan fingerprint density at radius 1 is 1.50 bits per heavy atom. The molecule has 0 unspecified atom stereocenters. The number of hydrogen-bond donors (Lipinski definition) is 3. The average molecular weight is 345 g/mol. The van der Waals surface area contributed by atoms with E-state index < -0.39 is 10.0 Å². The monoisotopic (exact) mass is 345 g/mol. The summed E-state index contributed by atoms with van der Waals surface area (Å²) in [7, 11) is -1.77. The standard InChI is InChI=1S/C13H23N5O2S2/c1-3-9-22(19,20)18-13(15-2)17-7-8-21-10-12-11(14)5-4-6-16-12/h4-6H,3,7-10,14H2,1-2H3,(H2,15,17,18). The van der Waals surface area contributed by atoms with E-state index in [1.54, 1.807) is 31.1 Å². The summed E-state index contributed by atoms with van der Waals surface area (Å²) in [5.74, 6) is 1.85. The number of sulfonamides is 1. The van der Waals surface area contributed by atoms with Gasteiger partial charge in [0.1, 0.15) is 0 Å². The van der Waals surface area contributed by atoms with Gasteiger partial charge in [-0.05, 0) is 18.6 Å². The van der Waals surface area contributed by atoms with Gasteiger partial charge in [0.2, 0.25) is 16.0 Å². The van der Waals surface area contributed by atoms with Gasteiger partial charge in [0.05, 0.1) is 17.1 Å². The Morgan fingerprint density at radius 3 is 2.91 bits per heavy atom. The number of anilines is 1. The second-order valence-corrected chi connectivity index (χ2v) is 7.46. The highest BCUT2D eigenvalue weighted by Gasteiger charge is 2.10. The van der Waals surface area contributed by atoms with E-state index in [0.29, 0.717) is 24.4 Å². The van der Waals surface area contributed by atoms with Crippen LogP contribution in [0.5, 0.6) is 0 Å². The molecule has 1 aromatic heterocycles. The average Bonchev–Trinajstić information content (AvgIpc) is 2.47. The van der Waals surface area contributed by atoms with E-state index in [-0.39, 0.29) is 11.7 Å². The lowest BCUT2D eigenvalue weighted by Crippen LogP contribution is -2.42. The van der Waals surface area contributed by atoms with Crippen molar-refractivity contribution >= 4 is 33.4 Å². The maximum absolute atomic E-state index is 11.7. The Labute approximate surface area is 136 Å². The molecule has 0 saturated carbocycles. The summed E-state index contributed by atoms with van der Waals surface area (Å²) in [6, 6.07) is 3.63. The zero-order valence-electron chi connectivity index (χ0n) is 12.9. The summed E-state index contributed by atoms with van der Waals surface area (Å²) in [4.78, 5) is 8.11. The minimum absolute atomic E-state index is 0.0847. The van der Waals surface area contributed by atoms with Gasteiger partial charge in [-0.1, -0.05) is 6.92 Å². The highest BCUT2D eigenvalue weighted by atomic mass is 32.2. The number of rotatable bonds is 8. The SMILES string of the molecule is CCCS(=O)(=O)NC(=NC)NCCSCc1ncccc1N. The molecule has 0 radical (unpaired) electrons. The van der Waals surface area contributed by atoms with Crippen molar-refractivity contribution in [3.8, 4) is 0 Å². The van der Waals surface area contributed by atoms with E-state index in [2.05, 4.69) is 20.0 Å². The first kappa shape index (κ1) is 18.6. The van der Waals surface area contributed by atoms with E-state index in [0.717, 1.165) is 11.4 Å². The highest BCUT2D eigenvalue weighted by molar-refractivity contribution is 7.98. The highest BCUT2D eigenvalue weighted by Crippen LogP contribution is 2.14. The molecule has 0 aliphatic carbocycles. The smallest absolute Gasteiger partial charge is 0.234 e. The van der Waals surface area contributed by atoms with Crippen molar-refractivity contribution in [3.63, 3.8) is 0 Å². The van der Waals surface area contributed by atoms with Gasteiger partial charge >= 0.3 is 0 Å². The second-order valence-electron chi connectivity index (χ2n) is 4.51. The van der Waals surface area contributed by atoms with Crippen LogP contribution in [-0.4, -0.2) is 44.5 Å². The van der Waals surface area contributed by atoms with Crippen LogP contribution in [0.3, 0.4) is 0 Å². The molecule has 0 spiro atoms. The second kappa shape index (κ2) is 9.52. The molecule has 22 heavy (non-hydrogen) atoms. The normalized spacial score (nSPS) is 12.2. The van der Waals surface area contributed by atoms with E-state index in [9.17, 15) is 8.42 Å². The first-order chi connectivity index (χ1) is 10.5. The van der Waals surface area contributed by atoms with E-state index in [4.69, 9.17) is 5.73 Å². The van der Waals surface area contributed by atoms with Crippen LogP contribution in [0, 0.1) is 0 Å². The molecule has 0 atom stereocenters. The molecule has 7 nitrogen and oxygen atoms in total. The van der Waals surface area contributed by atoms with Crippen molar-refractivity contribution in [2.75, 3.05) is 30.8 Å². The van der Waals surface area contributed by atoms with Crippen molar-refractivity contribution < 1.29 is 8.42 Å². The predicted molar refractivity (Wildman–Crippen MR) is 93.4 cm³/mol. The molecule has 0 bridgehead atoms. The number of guanidine groups is 1. The van der Waals surface area contributed by atoms with Crippen LogP contribution in [0.4, 0.5) is 5.69 Å². The maximum atomic E-state index is 11.7. The molecule has 1 rings (SSSR count). The van der Waals surface area contributed by atoms with Crippen LogP contribution < -0.4 is 15.8 Å². The number of thioether (sulfide) groups is 1. The molecule has 0 amide bonds. The van der Waals surface area contributed by atoms with Gasteiger partial charge in [-0.15, -0.1) is 0 Å². The Balaban J connectivity index is 2.30. The molecule has 9 heteroatoms. The minimum atomic E-state index is -3.31. The van der Waals surface area contributed by atoms with Gasteiger partial charge in [0.15, 0.2) is 0 Å². The van der Waals surface area contributed by atoms with Crippen LogP contribution >= 0.6 is 11.8 Å². The lowest BCUT2D eigenvalue weighted by atomic mass is 10.3. The molecule has 1 heterocycles. The Bertz CT molecular complexity index is 590. The molecule has 0 aliphatic rings. The quantitative estimate of drug-likeness (QED) is 0.365. The maximum Gasteiger partial charge on any atom is 0.234 e. The van der Waals surface area contributed by atoms with Crippen LogP contribution in [0.2, 0.25) is 0 Å². The number of nitrogens with two attached hydrogens (primary N) is 1. The Kier molecular flexibility index (Phi) is 8.03. The van der Waals surface area contributed by atoms with Crippen LogP contribution in [-0.2, 0) is 15.8 Å². The van der Waals surface area contributed by atoms with Crippen molar-refractivity contribution in [3.05, 3.63) is 24.0 Å². The first-order valence-electron chi connectivity index (χ1n) is 6.96. The van der Waals surface area contributed by atoms with Crippen molar-refractivity contribution in [2.45, 2.75) is 19.1 Å². The fourth-order valence-corrected chi connectivity index (χ4v) is 3.53. The molecule has 0 aliphatic heterocycles. The first-order valence-corrected chi connectivity index (χ1v) is 9.77. The number of aliphatic imine (C=N–C) groups is 1. The molecular weight excluding hydrogens is 322 g/mol. The lowest BCUT2D eigenvalue weighted by molar-refractivity contribution is 0.590. The van der Waals surface area contributed by atoms with Crippen molar-refractivity contribution in [1.29, 1.82) is 0 Å². The lowest BCUT2D eigenvalue weighted by Gasteiger charge is -2.11. The summed E-state index contributed by atoms with van der Waals surface area (Å²) >= 11 is 1.66. The summed E-state index contributed by atoms with van der Waals surface area (Å²) in [5, 5.41) is 2.97. The zero-order chi connectivity index (χ0) is 16.4. The van der Waals surface area contributed by atoms with Crippen LogP contribution in [0.25, 0.3) is 0 Å². The summed E-state index contributed by atoms with van der Waals surface area (Å²) in [5.41, 5.74) is 7.36. The summed E-state index contributed by atoms with van der Waals surface area (Å²) < 4.78 is 25.7. The number of pyridine rings is 1. The molecule has 0 fully saturated rings. The number of nitrogens with zero attached hydrogens (tertiary/aromatic N) is 2. The summed E-state index contributed by atoms with van der Waals surface area (Å²) in [6.07, 6.45) is 2.28. The third-order valence-corrected chi connectivity index (χ3v) is 5.07. The largest absolute Gasteiger partial charge is 0.397 e. The fourth-order valence-electron chi connectivity index (χ4n) is 1.61. The Morgan fingerprint density at radius 2 is 2.27 bits per heavy atom. The number of aromatic nitrogens is 1. The van der Waals surface area contributed by atoms with Gasteiger partial charge in [0, 0.05) is 31.3 Å². The molecule has 0 saturated heterocycles. The number of hydrogen-bond acceptors (Lipinski definition) is 6. The molecule has 0 aromatic carbocycles. The van der Waals surface area contributed by atoms with Crippen LogP contribution in [0.1, 0.15) is 19.0 Å². The van der Waals surface area contributed by atoms with Crippen molar-refractivity contribution in [2.24, 2.45) is 4.99 Å². The van der Waals surface area contributed by atoms with E-state index in [1.807, 2.05) is 13.0 Å². The molecule has 4 N–H and O–H groups in total. The molecule has 1 aromatic rings. The van der Waals surface area contributed by atoms with Gasteiger partial charge in [-0.25, -0.2) is 8.42 Å². The minimum Gasteiger partial charge on any atom is -0.397 e. The van der Waals surface area contributed by atoms with Gasteiger partial charge in [-0.2, -0.15) is 11.8 Å². The summed E-state index contributed by atoms with van der Waals surface area (Å²) in [6.45, 7) is 2.41. The predicted octanol–water partition coefficient (Wildman–Crippen LogP) is 0.802.